The number of amides is 1. The van der Waals surface area contributed by atoms with Gasteiger partial charge in [-0.3, -0.25) is 14.4 Å². The Hall–Kier alpha value is -4.16. The molecule has 0 spiro atoms. The Bertz CT molecular complexity index is 1380. The molecule has 1 amide bonds. The Kier molecular flexibility index (Phi) is 10.7. The van der Waals surface area contributed by atoms with Gasteiger partial charge in [0, 0.05) is 17.6 Å². The van der Waals surface area contributed by atoms with E-state index in [-0.39, 0.29) is 41.5 Å². The Balaban J connectivity index is 1.54. The first-order valence-electron chi connectivity index (χ1n) is 13.5. The topological polar surface area (TPSA) is 186 Å². The van der Waals surface area contributed by atoms with Gasteiger partial charge in [0.2, 0.25) is 5.78 Å². The lowest BCUT2D eigenvalue weighted by atomic mass is 10.0. The maximum absolute atomic E-state index is 13.0. The summed E-state index contributed by atoms with van der Waals surface area (Å²) in [5, 5.41) is 4.09. The number of methoxy groups -OCH3 is 1. The van der Waals surface area contributed by atoms with Crippen molar-refractivity contribution < 1.29 is 33.1 Å². The van der Waals surface area contributed by atoms with Crippen LogP contribution < -0.4 is 31.4 Å². The Morgan fingerprint density at radius 3 is 2.15 bits per heavy atom. The molecule has 12 nitrogen and oxygen atoms in total. The summed E-state index contributed by atoms with van der Waals surface area (Å²) in [6.07, 6.45) is 1.33. The monoisotopic (exact) mass is 569 g/mol. The second-order valence-electron chi connectivity index (χ2n) is 10.1. The number of ether oxygens (including phenoxy) is 3. The first kappa shape index (κ1) is 31.4. The third kappa shape index (κ3) is 7.14. The lowest BCUT2D eigenvalue weighted by molar-refractivity contribution is -0.118. The second kappa shape index (κ2) is 14.0. The summed E-state index contributed by atoms with van der Waals surface area (Å²) >= 11 is 0. The van der Waals surface area contributed by atoms with E-state index in [2.05, 4.69) is 5.16 Å². The maximum Gasteiger partial charge on any atom is 0.254 e. The lowest BCUT2D eigenvalue weighted by Gasteiger charge is -2.31. The molecule has 41 heavy (non-hydrogen) atoms. The molecular formula is C29H39N5O7. The molecule has 0 aliphatic heterocycles. The van der Waals surface area contributed by atoms with Crippen molar-refractivity contribution in [3.8, 4) is 17.2 Å². The number of Topliss-reactive ketones (excluding diaryl/α,β-unsaturated/α-hetero) is 2. The number of ketones is 2. The molecular weight excluding hydrogens is 530 g/mol. The minimum Gasteiger partial charge on any atom is -0.493 e. The summed E-state index contributed by atoms with van der Waals surface area (Å²) in [7, 11) is 1.54. The van der Waals surface area contributed by atoms with Crippen molar-refractivity contribution in [3.63, 3.8) is 0 Å². The van der Waals surface area contributed by atoms with Crippen molar-refractivity contribution in [2.24, 2.45) is 11.5 Å². The van der Waals surface area contributed by atoms with Crippen molar-refractivity contribution in [2.45, 2.75) is 58.7 Å². The van der Waals surface area contributed by atoms with Crippen LogP contribution in [0, 0.1) is 0 Å². The number of benzene rings is 2. The van der Waals surface area contributed by atoms with Gasteiger partial charge in [-0.15, -0.1) is 0 Å². The first-order valence-corrected chi connectivity index (χ1v) is 13.5. The van der Waals surface area contributed by atoms with Gasteiger partial charge in [0.25, 0.3) is 5.91 Å². The molecule has 1 heterocycles. The zero-order chi connectivity index (χ0) is 30.3. The van der Waals surface area contributed by atoms with Crippen LogP contribution in [0.2, 0.25) is 0 Å². The summed E-state index contributed by atoms with van der Waals surface area (Å²) in [5.74, 6) is 0.0387. The fourth-order valence-electron chi connectivity index (χ4n) is 4.43. The predicted octanol–water partition coefficient (Wildman–Crippen LogP) is 2.95. The van der Waals surface area contributed by atoms with Crippen LogP contribution in [0.4, 0.5) is 5.69 Å². The summed E-state index contributed by atoms with van der Waals surface area (Å²) < 4.78 is 22.4. The van der Waals surface area contributed by atoms with E-state index in [4.69, 9.17) is 35.9 Å². The number of nitrogens with zero attached hydrogens (tertiary/aromatic N) is 2. The van der Waals surface area contributed by atoms with Crippen LogP contribution in [0.25, 0.3) is 11.0 Å². The number of nitrogen functional groups attached to an aromatic ring is 1. The fraction of sp³-hybridized carbons (Fsp3) is 0.448. The molecule has 0 fully saturated rings. The second-order valence-corrected chi connectivity index (χ2v) is 10.1. The van der Waals surface area contributed by atoms with Crippen LogP contribution in [0.1, 0.15) is 61.4 Å². The first-order chi connectivity index (χ1) is 19.5. The molecule has 0 bridgehead atoms. The largest absolute Gasteiger partial charge is 0.493 e. The molecule has 1 atom stereocenters. The minimum atomic E-state index is -1.42. The van der Waals surface area contributed by atoms with Crippen LogP contribution in [-0.4, -0.2) is 72.5 Å². The quantitative estimate of drug-likeness (QED) is 0.106. The number of carbonyl (C=O) groups is 3. The van der Waals surface area contributed by atoms with Crippen LogP contribution in [0.5, 0.6) is 17.2 Å². The van der Waals surface area contributed by atoms with Gasteiger partial charge in [0.15, 0.2) is 28.6 Å². The average molecular weight is 570 g/mol. The third-order valence-electron chi connectivity index (χ3n) is 6.51. The van der Waals surface area contributed by atoms with Crippen molar-refractivity contribution in [2.75, 3.05) is 32.6 Å². The van der Waals surface area contributed by atoms with E-state index in [1.807, 2.05) is 32.6 Å². The van der Waals surface area contributed by atoms with Crippen molar-refractivity contribution in [1.29, 1.82) is 0 Å². The molecule has 12 heteroatoms. The highest BCUT2D eigenvalue weighted by Gasteiger charge is 2.28. The lowest BCUT2D eigenvalue weighted by Crippen LogP contribution is -2.42. The molecule has 0 saturated carbocycles. The number of anilines is 1. The van der Waals surface area contributed by atoms with Gasteiger partial charge in [-0.05, 0) is 70.9 Å². The standard InChI is InChI=1S/C29H39N5O7/c1-16(2)34(17(3)4)29(37)18-8-10-21(23(14-18)38-5)39-12-6-7-13-40-22-11-9-19-26(33-41-28(19)25(22)32)27(36)24(31)20(35)15-30/h8-11,14,16-17,24H,6-7,12-13,15,30-32H2,1-5H3. The van der Waals surface area contributed by atoms with Gasteiger partial charge in [0.1, 0.15) is 17.5 Å². The Morgan fingerprint density at radius 1 is 0.951 bits per heavy atom. The molecule has 3 aromatic rings. The number of carbonyl (C=O) groups excluding carboxylic acids is 3. The molecule has 1 aromatic heterocycles. The summed E-state index contributed by atoms with van der Waals surface area (Å²) in [4.78, 5) is 39.1. The summed E-state index contributed by atoms with van der Waals surface area (Å²) in [5.41, 5.74) is 17.9. The molecule has 3 rings (SSSR count). The van der Waals surface area contributed by atoms with Crippen molar-refractivity contribution in [3.05, 3.63) is 41.6 Å². The number of rotatable bonds is 15. The highest BCUT2D eigenvalue weighted by atomic mass is 16.5. The molecule has 2 aromatic carbocycles. The molecule has 6 N–H and O–H groups in total. The zero-order valence-electron chi connectivity index (χ0n) is 24.1. The summed E-state index contributed by atoms with van der Waals surface area (Å²) in [6, 6.07) is 7.08. The Labute approximate surface area is 239 Å². The number of hydrogen-bond acceptors (Lipinski definition) is 11. The SMILES string of the molecule is COc1cc(C(=O)N(C(C)C)C(C)C)ccc1OCCCCOc1ccc2c(C(=O)C(N)C(=O)CN)noc2c1N. The van der Waals surface area contributed by atoms with Gasteiger partial charge in [-0.1, -0.05) is 5.16 Å². The van der Waals surface area contributed by atoms with Crippen molar-refractivity contribution >= 4 is 34.1 Å². The molecule has 0 saturated heterocycles. The average Bonchev–Trinajstić information content (AvgIpc) is 3.39. The molecule has 0 aliphatic rings. The third-order valence-corrected chi connectivity index (χ3v) is 6.51. The van der Waals surface area contributed by atoms with E-state index in [9.17, 15) is 14.4 Å². The van der Waals surface area contributed by atoms with E-state index in [0.29, 0.717) is 54.3 Å². The van der Waals surface area contributed by atoms with Gasteiger partial charge < -0.3 is 40.8 Å². The maximum atomic E-state index is 13.0. The fourth-order valence-corrected chi connectivity index (χ4v) is 4.43. The van der Waals surface area contributed by atoms with Gasteiger partial charge in [0.05, 0.1) is 32.3 Å². The number of fused-ring (bicyclic) bond motifs is 1. The van der Waals surface area contributed by atoms with Crippen LogP contribution >= 0.6 is 0 Å². The van der Waals surface area contributed by atoms with Gasteiger partial charge in [-0.2, -0.15) is 0 Å². The highest BCUT2D eigenvalue weighted by molar-refractivity contribution is 6.18. The van der Waals surface area contributed by atoms with Crippen molar-refractivity contribution in [1.82, 2.24) is 10.1 Å². The van der Waals surface area contributed by atoms with Gasteiger partial charge in [-0.25, -0.2) is 0 Å². The number of aromatic nitrogens is 1. The molecule has 0 aliphatic carbocycles. The van der Waals surface area contributed by atoms with E-state index in [1.165, 1.54) is 7.11 Å². The van der Waals surface area contributed by atoms with Crippen LogP contribution in [0.3, 0.4) is 0 Å². The van der Waals surface area contributed by atoms with Gasteiger partial charge >= 0.3 is 0 Å². The predicted molar refractivity (Wildman–Crippen MR) is 154 cm³/mol. The molecule has 0 radical (unpaired) electrons. The van der Waals surface area contributed by atoms with E-state index in [0.717, 1.165) is 0 Å². The minimum absolute atomic E-state index is 0.0621. The van der Waals surface area contributed by atoms with E-state index < -0.39 is 17.6 Å². The highest BCUT2D eigenvalue weighted by Crippen LogP contribution is 2.33. The Morgan fingerprint density at radius 2 is 1.56 bits per heavy atom. The molecule has 222 valence electrons. The smallest absolute Gasteiger partial charge is 0.254 e. The van der Waals surface area contributed by atoms with E-state index in [1.54, 1.807) is 30.3 Å². The van der Waals surface area contributed by atoms with E-state index >= 15 is 0 Å². The molecule has 1 unspecified atom stereocenters. The number of hydrogen-bond donors (Lipinski definition) is 3. The number of nitrogens with two attached hydrogens (primary N) is 3. The van der Waals surface area contributed by atoms with Crippen LogP contribution in [-0.2, 0) is 4.79 Å². The number of unbranched alkanes of at least 4 members (excludes halogenated alkanes) is 1. The van der Waals surface area contributed by atoms with Crippen LogP contribution in [0.15, 0.2) is 34.9 Å². The normalized spacial score (nSPS) is 12.0. The zero-order valence-corrected chi connectivity index (χ0v) is 24.1. The summed E-state index contributed by atoms with van der Waals surface area (Å²) in [6.45, 7) is 8.34.